The Morgan fingerprint density at radius 1 is 1.12 bits per heavy atom. The number of carbonyl (C=O) groups is 3. The molecule has 0 saturated carbocycles. The molecule has 0 aromatic heterocycles. The van der Waals surface area contributed by atoms with E-state index in [-0.39, 0.29) is 5.69 Å². The molecule has 2 amide bonds. The van der Waals surface area contributed by atoms with E-state index in [1.807, 2.05) is 0 Å². The summed E-state index contributed by atoms with van der Waals surface area (Å²) in [5, 5.41) is 5.26. The van der Waals surface area contributed by atoms with Gasteiger partial charge in [0.15, 0.2) is 6.61 Å². The van der Waals surface area contributed by atoms with Gasteiger partial charge in [0, 0.05) is 16.3 Å². The average molecular weight is 379 g/mol. The van der Waals surface area contributed by atoms with E-state index >= 15 is 0 Å². The van der Waals surface area contributed by atoms with Crippen LogP contribution in [0.3, 0.4) is 0 Å². The third kappa shape index (κ3) is 5.86. The first-order chi connectivity index (χ1) is 12.3. The third-order valence-corrected chi connectivity index (χ3v) is 3.57. The van der Waals surface area contributed by atoms with Crippen LogP contribution in [0.2, 0.25) is 5.02 Å². The third-order valence-electron chi connectivity index (χ3n) is 3.32. The van der Waals surface area contributed by atoms with Crippen LogP contribution in [0.1, 0.15) is 15.9 Å². The first kappa shape index (κ1) is 19.4. The molecule has 136 valence electrons. The normalized spacial score (nSPS) is 10.1. The highest BCUT2D eigenvalue weighted by atomic mass is 35.5. The van der Waals surface area contributed by atoms with Gasteiger partial charge in [0.2, 0.25) is 0 Å². The highest BCUT2D eigenvalue weighted by molar-refractivity contribution is 6.30. The Morgan fingerprint density at radius 3 is 2.46 bits per heavy atom. The topological polar surface area (TPSA) is 84.5 Å². The fraction of sp³-hybridized carbons (Fsp3) is 0.167. The van der Waals surface area contributed by atoms with Gasteiger partial charge in [-0.1, -0.05) is 17.7 Å². The Balaban J connectivity index is 1.73. The van der Waals surface area contributed by atoms with Crippen LogP contribution in [0, 0.1) is 12.7 Å². The molecule has 0 radical (unpaired) electrons. The number of amides is 2. The maximum Gasteiger partial charge on any atom is 0.325 e. The van der Waals surface area contributed by atoms with Crippen molar-refractivity contribution in [3.63, 3.8) is 0 Å². The molecule has 6 nitrogen and oxygen atoms in total. The molecule has 0 spiro atoms. The second-order valence-corrected chi connectivity index (χ2v) is 5.80. The summed E-state index contributed by atoms with van der Waals surface area (Å²) in [6, 6.07) is 10.3. The maximum absolute atomic E-state index is 13.4. The van der Waals surface area contributed by atoms with Crippen LogP contribution in [0.4, 0.5) is 10.1 Å². The lowest BCUT2D eigenvalue weighted by Gasteiger charge is -2.08. The summed E-state index contributed by atoms with van der Waals surface area (Å²) in [6.07, 6.45) is 0. The lowest BCUT2D eigenvalue weighted by molar-refractivity contribution is -0.146. The zero-order valence-corrected chi connectivity index (χ0v) is 14.6. The molecule has 2 aromatic rings. The zero-order chi connectivity index (χ0) is 19.1. The summed E-state index contributed by atoms with van der Waals surface area (Å²) in [5.74, 6) is -2.33. The van der Waals surface area contributed by atoms with E-state index in [1.54, 1.807) is 19.1 Å². The van der Waals surface area contributed by atoms with Crippen LogP contribution >= 0.6 is 11.6 Å². The molecule has 2 N–H and O–H groups in total. The summed E-state index contributed by atoms with van der Waals surface area (Å²) in [4.78, 5) is 35.1. The second kappa shape index (κ2) is 8.96. The van der Waals surface area contributed by atoms with Crippen molar-refractivity contribution in [3.05, 3.63) is 64.4 Å². The number of aryl methyl sites for hydroxylation is 1. The van der Waals surface area contributed by atoms with Crippen LogP contribution in [0.15, 0.2) is 42.5 Å². The monoisotopic (exact) mass is 378 g/mol. The van der Waals surface area contributed by atoms with Crippen molar-refractivity contribution in [3.8, 4) is 0 Å². The van der Waals surface area contributed by atoms with E-state index in [9.17, 15) is 18.8 Å². The lowest BCUT2D eigenvalue weighted by Crippen LogP contribution is -2.32. The minimum absolute atomic E-state index is 0.255. The average Bonchev–Trinajstić information content (AvgIpc) is 2.61. The van der Waals surface area contributed by atoms with Gasteiger partial charge in [-0.15, -0.1) is 0 Å². The number of rotatable bonds is 6. The Bertz CT molecular complexity index is 824. The Labute approximate surface area is 154 Å². The highest BCUT2D eigenvalue weighted by Gasteiger charge is 2.11. The Hall–Kier alpha value is -2.93. The van der Waals surface area contributed by atoms with E-state index < -0.39 is 36.8 Å². The smallest absolute Gasteiger partial charge is 0.325 e. The summed E-state index contributed by atoms with van der Waals surface area (Å²) in [7, 11) is 0. The van der Waals surface area contributed by atoms with Crippen LogP contribution in [0.25, 0.3) is 0 Å². The van der Waals surface area contributed by atoms with Gasteiger partial charge in [-0.05, 0) is 48.9 Å². The van der Waals surface area contributed by atoms with Crippen LogP contribution in [0.5, 0.6) is 0 Å². The molecule has 0 saturated heterocycles. The van der Waals surface area contributed by atoms with E-state index in [4.69, 9.17) is 16.3 Å². The summed E-state index contributed by atoms with van der Waals surface area (Å²) < 4.78 is 18.2. The first-order valence-corrected chi connectivity index (χ1v) is 7.98. The van der Waals surface area contributed by atoms with Gasteiger partial charge in [0.1, 0.15) is 12.4 Å². The Morgan fingerprint density at radius 2 is 1.81 bits per heavy atom. The van der Waals surface area contributed by atoms with Crippen molar-refractivity contribution < 1.29 is 23.5 Å². The second-order valence-electron chi connectivity index (χ2n) is 5.36. The largest absolute Gasteiger partial charge is 0.454 e. The van der Waals surface area contributed by atoms with E-state index in [0.717, 1.165) is 0 Å². The molecule has 0 aliphatic carbocycles. The van der Waals surface area contributed by atoms with Gasteiger partial charge in [-0.2, -0.15) is 0 Å². The molecular weight excluding hydrogens is 363 g/mol. The van der Waals surface area contributed by atoms with Crippen molar-refractivity contribution in [1.29, 1.82) is 0 Å². The van der Waals surface area contributed by atoms with Crippen LogP contribution < -0.4 is 10.6 Å². The summed E-state index contributed by atoms with van der Waals surface area (Å²) >= 11 is 5.72. The van der Waals surface area contributed by atoms with E-state index in [1.165, 1.54) is 30.3 Å². The molecule has 0 unspecified atom stereocenters. The number of halogens is 2. The lowest BCUT2D eigenvalue weighted by atomic mass is 10.2. The summed E-state index contributed by atoms with van der Waals surface area (Å²) in [6.45, 7) is 0.653. The van der Waals surface area contributed by atoms with Gasteiger partial charge in [-0.25, -0.2) is 4.39 Å². The van der Waals surface area contributed by atoms with Gasteiger partial charge in [-0.3, -0.25) is 14.4 Å². The maximum atomic E-state index is 13.4. The molecule has 0 aliphatic heterocycles. The van der Waals surface area contributed by atoms with Crippen LogP contribution in [-0.4, -0.2) is 30.9 Å². The fourth-order valence-electron chi connectivity index (χ4n) is 1.92. The van der Waals surface area contributed by atoms with E-state index in [0.29, 0.717) is 16.1 Å². The minimum atomic E-state index is -0.780. The van der Waals surface area contributed by atoms with Gasteiger partial charge < -0.3 is 15.4 Å². The number of hydrogen-bond acceptors (Lipinski definition) is 4. The number of carbonyl (C=O) groups excluding carboxylic acids is 3. The Kier molecular flexibility index (Phi) is 6.68. The SMILES string of the molecule is Cc1ccc(NC(=O)COC(=O)CNC(=O)c2ccc(Cl)cc2)cc1F. The predicted molar refractivity (Wildman–Crippen MR) is 94.5 cm³/mol. The van der Waals surface area contributed by atoms with Gasteiger partial charge >= 0.3 is 5.97 Å². The number of nitrogens with one attached hydrogen (secondary N) is 2. The molecule has 8 heteroatoms. The van der Waals surface area contributed by atoms with Crippen molar-refractivity contribution in [2.75, 3.05) is 18.5 Å². The van der Waals surface area contributed by atoms with Crippen molar-refractivity contribution in [2.45, 2.75) is 6.92 Å². The number of benzene rings is 2. The molecule has 0 aliphatic rings. The van der Waals surface area contributed by atoms with Crippen molar-refractivity contribution in [2.24, 2.45) is 0 Å². The quantitative estimate of drug-likeness (QED) is 0.757. The van der Waals surface area contributed by atoms with Gasteiger partial charge in [0.25, 0.3) is 11.8 Å². The first-order valence-electron chi connectivity index (χ1n) is 7.60. The molecule has 26 heavy (non-hydrogen) atoms. The van der Waals surface area contributed by atoms with E-state index in [2.05, 4.69) is 10.6 Å². The molecule has 2 rings (SSSR count). The molecule has 0 bridgehead atoms. The summed E-state index contributed by atoms with van der Waals surface area (Å²) in [5.41, 5.74) is 1.04. The number of anilines is 1. The minimum Gasteiger partial charge on any atom is -0.454 e. The molecule has 2 aromatic carbocycles. The van der Waals surface area contributed by atoms with Crippen molar-refractivity contribution in [1.82, 2.24) is 5.32 Å². The standard InChI is InChI=1S/C18H16ClFN2O4/c1-11-2-7-14(8-15(11)20)22-16(23)10-26-17(24)9-21-18(25)12-3-5-13(19)6-4-12/h2-8H,9-10H2,1H3,(H,21,25)(H,22,23). The number of esters is 1. The van der Waals surface area contributed by atoms with Gasteiger partial charge in [0.05, 0.1) is 0 Å². The predicted octanol–water partition coefficient (Wildman–Crippen LogP) is 2.70. The fourth-order valence-corrected chi connectivity index (χ4v) is 2.05. The molecule has 0 fully saturated rings. The zero-order valence-electron chi connectivity index (χ0n) is 13.8. The molecule has 0 atom stereocenters. The molecule has 0 heterocycles. The highest BCUT2D eigenvalue weighted by Crippen LogP contribution is 2.13. The van der Waals surface area contributed by atoms with Crippen molar-refractivity contribution >= 4 is 35.1 Å². The number of hydrogen-bond donors (Lipinski definition) is 2. The number of ether oxygens (including phenoxy) is 1. The molecular formula is C18H16ClFN2O4. The van der Waals surface area contributed by atoms with Crippen LogP contribution in [-0.2, 0) is 14.3 Å².